The van der Waals surface area contributed by atoms with E-state index in [2.05, 4.69) is 0 Å². The number of halogens is 2. The highest BCUT2D eigenvalue weighted by atomic mass is 19.1. The van der Waals surface area contributed by atoms with Gasteiger partial charge in [-0.25, -0.2) is 8.78 Å². The second-order valence-corrected chi connectivity index (χ2v) is 5.01. The number of carbonyl (C=O) groups is 2. The zero-order chi connectivity index (χ0) is 15.6. The molecule has 1 aromatic carbocycles. The lowest BCUT2D eigenvalue weighted by molar-refractivity contribution is -0.128. The first kappa shape index (κ1) is 15.2. The maximum atomic E-state index is 13.7. The standard InChI is InChI=1S/C14H17F2N3O2/c1-9(20)18-3-2-4-19(6-5-18)14(21)10-7-13(17)12(16)8-11(10)15/h7-8H,2-6,17H2,1H3. The van der Waals surface area contributed by atoms with Gasteiger partial charge in [0.25, 0.3) is 5.91 Å². The molecule has 1 aliphatic heterocycles. The minimum absolute atomic E-state index is 0.0542. The molecule has 2 rings (SSSR count). The van der Waals surface area contributed by atoms with E-state index in [1.165, 1.54) is 11.8 Å². The molecule has 0 bridgehead atoms. The van der Waals surface area contributed by atoms with Crippen molar-refractivity contribution in [3.05, 3.63) is 29.3 Å². The molecule has 0 aromatic heterocycles. The van der Waals surface area contributed by atoms with Gasteiger partial charge in [-0.15, -0.1) is 0 Å². The first-order chi connectivity index (χ1) is 9.90. The van der Waals surface area contributed by atoms with Crippen molar-refractivity contribution in [2.45, 2.75) is 13.3 Å². The summed E-state index contributed by atoms with van der Waals surface area (Å²) in [6.45, 7) is 3.17. The van der Waals surface area contributed by atoms with Crippen LogP contribution in [0.5, 0.6) is 0 Å². The lowest BCUT2D eigenvalue weighted by Gasteiger charge is -2.21. The Morgan fingerprint density at radius 1 is 1.05 bits per heavy atom. The highest BCUT2D eigenvalue weighted by molar-refractivity contribution is 5.95. The summed E-state index contributed by atoms with van der Waals surface area (Å²) in [6, 6.07) is 1.63. The summed E-state index contributed by atoms with van der Waals surface area (Å²) in [5, 5.41) is 0. The van der Waals surface area contributed by atoms with E-state index < -0.39 is 17.5 Å². The molecule has 114 valence electrons. The maximum absolute atomic E-state index is 13.7. The number of hydrogen-bond donors (Lipinski definition) is 1. The van der Waals surface area contributed by atoms with E-state index in [4.69, 9.17) is 5.73 Å². The van der Waals surface area contributed by atoms with Crippen molar-refractivity contribution in [3.8, 4) is 0 Å². The minimum Gasteiger partial charge on any atom is -0.396 e. The summed E-state index contributed by atoms with van der Waals surface area (Å²) in [6.07, 6.45) is 0.615. The molecule has 1 fully saturated rings. The lowest BCUT2D eigenvalue weighted by atomic mass is 10.1. The van der Waals surface area contributed by atoms with Gasteiger partial charge < -0.3 is 15.5 Å². The second kappa shape index (κ2) is 6.07. The molecule has 0 radical (unpaired) electrons. The highest BCUT2D eigenvalue weighted by Gasteiger charge is 2.24. The van der Waals surface area contributed by atoms with Gasteiger partial charge in [0.1, 0.15) is 11.6 Å². The Bertz CT molecular complexity index is 578. The average molecular weight is 297 g/mol. The van der Waals surface area contributed by atoms with Crippen LogP contribution in [0.25, 0.3) is 0 Å². The molecule has 21 heavy (non-hydrogen) atoms. The van der Waals surface area contributed by atoms with Gasteiger partial charge in [0.2, 0.25) is 5.91 Å². The van der Waals surface area contributed by atoms with Crippen molar-refractivity contribution in [2.75, 3.05) is 31.9 Å². The monoisotopic (exact) mass is 297 g/mol. The molecule has 1 heterocycles. The first-order valence-corrected chi connectivity index (χ1v) is 6.69. The van der Waals surface area contributed by atoms with Gasteiger partial charge in [0.15, 0.2) is 0 Å². The molecule has 0 aliphatic carbocycles. The topological polar surface area (TPSA) is 66.6 Å². The van der Waals surface area contributed by atoms with Crippen molar-refractivity contribution >= 4 is 17.5 Å². The normalized spacial score (nSPS) is 15.8. The summed E-state index contributed by atoms with van der Waals surface area (Å²) in [5.74, 6) is -2.41. The molecule has 2 N–H and O–H groups in total. The quantitative estimate of drug-likeness (QED) is 0.793. The van der Waals surface area contributed by atoms with Crippen LogP contribution < -0.4 is 5.73 Å². The van der Waals surface area contributed by atoms with Crippen LogP contribution in [-0.4, -0.2) is 47.8 Å². The van der Waals surface area contributed by atoms with E-state index in [-0.39, 0.29) is 17.2 Å². The zero-order valence-electron chi connectivity index (χ0n) is 11.7. The molecule has 2 amide bonds. The molecule has 0 spiro atoms. The van der Waals surface area contributed by atoms with Crippen LogP contribution in [0.3, 0.4) is 0 Å². The van der Waals surface area contributed by atoms with Crippen molar-refractivity contribution in [3.63, 3.8) is 0 Å². The summed E-state index contributed by atoms with van der Waals surface area (Å²) >= 11 is 0. The molecule has 0 saturated carbocycles. The highest BCUT2D eigenvalue weighted by Crippen LogP contribution is 2.19. The van der Waals surface area contributed by atoms with E-state index in [9.17, 15) is 18.4 Å². The van der Waals surface area contributed by atoms with E-state index in [0.717, 1.165) is 6.07 Å². The number of hydrogen-bond acceptors (Lipinski definition) is 3. The molecular weight excluding hydrogens is 280 g/mol. The third kappa shape index (κ3) is 3.29. The summed E-state index contributed by atoms with van der Waals surface area (Å²) in [4.78, 5) is 26.8. The van der Waals surface area contributed by atoms with Crippen molar-refractivity contribution in [1.82, 2.24) is 9.80 Å². The predicted octanol–water partition coefficient (Wildman–Crippen LogP) is 1.24. The largest absolute Gasteiger partial charge is 0.396 e. The third-order valence-electron chi connectivity index (χ3n) is 3.55. The number of nitrogen functional groups attached to an aromatic ring is 1. The minimum atomic E-state index is -0.931. The van der Waals surface area contributed by atoms with E-state index in [1.54, 1.807) is 4.90 Å². The fraction of sp³-hybridized carbons (Fsp3) is 0.429. The van der Waals surface area contributed by atoms with Gasteiger partial charge in [-0.1, -0.05) is 0 Å². The Balaban J connectivity index is 2.17. The Morgan fingerprint density at radius 2 is 1.67 bits per heavy atom. The number of nitrogens with two attached hydrogens (primary N) is 1. The van der Waals surface area contributed by atoms with Gasteiger partial charge >= 0.3 is 0 Å². The summed E-state index contributed by atoms with van der Waals surface area (Å²) in [5.41, 5.74) is 4.88. The molecule has 1 aromatic rings. The number of benzene rings is 1. The van der Waals surface area contributed by atoms with E-state index >= 15 is 0 Å². The Hall–Kier alpha value is -2.18. The van der Waals surface area contributed by atoms with Crippen LogP contribution in [0.4, 0.5) is 14.5 Å². The van der Waals surface area contributed by atoms with E-state index in [0.29, 0.717) is 38.7 Å². The fourth-order valence-corrected chi connectivity index (χ4v) is 2.34. The Labute approximate surface area is 121 Å². The SMILES string of the molecule is CC(=O)N1CCCN(C(=O)c2cc(N)c(F)cc2F)CC1. The van der Waals surface area contributed by atoms with E-state index in [1.807, 2.05) is 0 Å². The number of nitrogens with zero attached hydrogens (tertiary/aromatic N) is 2. The first-order valence-electron chi connectivity index (χ1n) is 6.69. The van der Waals surface area contributed by atoms with Gasteiger partial charge in [0.05, 0.1) is 11.3 Å². The molecule has 0 unspecified atom stereocenters. The number of anilines is 1. The van der Waals surface area contributed by atoms with Gasteiger partial charge in [-0.2, -0.15) is 0 Å². The van der Waals surface area contributed by atoms with Crippen LogP contribution in [0.15, 0.2) is 12.1 Å². The molecule has 5 nitrogen and oxygen atoms in total. The summed E-state index contributed by atoms with van der Waals surface area (Å²) < 4.78 is 26.9. The molecule has 1 saturated heterocycles. The second-order valence-electron chi connectivity index (χ2n) is 5.01. The molecule has 7 heteroatoms. The predicted molar refractivity (Wildman–Crippen MR) is 73.5 cm³/mol. The average Bonchev–Trinajstić information content (AvgIpc) is 2.68. The van der Waals surface area contributed by atoms with Gasteiger partial charge in [-0.3, -0.25) is 9.59 Å². The molecular formula is C14H17F2N3O2. The smallest absolute Gasteiger partial charge is 0.256 e. The van der Waals surface area contributed by atoms with Gasteiger partial charge in [-0.05, 0) is 12.5 Å². The number of carbonyl (C=O) groups excluding carboxylic acids is 2. The third-order valence-corrected chi connectivity index (χ3v) is 3.55. The summed E-state index contributed by atoms with van der Waals surface area (Å²) in [7, 11) is 0. The maximum Gasteiger partial charge on any atom is 0.256 e. The van der Waals surface area contributed by atoms with Crippen molar-refractivity contribution < 1.29 is 18.4 Å². The number of rotatable bonds is 1. The molecule has 0 atom stereocenters. The zero-order valence-corrected chi connectivity index (χ0v) is 11.7. The van der Waals surface area contributed by atoms with Crippen LogP contribution in [0.2, 0.25) is 0 Å². The van der Waals surface area contributed by atoms with Crippen LogP contribution in [0, 0.1) is 11.6 Å². The Kier molecular flexibility index (Phi) is 4.40. The lowest BCUT2D eigenvalue weighted by Crippen LogP contribution is -2.36. The van der Waals surface area contributed by atoms with Crippen LogP contribution >= 0.6 is 0 Å². The van der Waals surface area contributed by atoms with Crippen LogP contribution in [0.1, 0.15) is 23.7 Å². The molecule has 1 aliphatic rings. The number of amides is 2. The van der Waals surface area contributed by atoms with Gasteiger partial charge in [0, 0.05) is 39.2 Å². The fourth-order valence-electron chi connectivity index (χ4n) is 2.34. The Morgan fingerprint density at radius 3 is 2.33 bits per heavy atom. The van der Waals surface area contributed by atoms with Crippen molar-refractivity contribution in [1.29, 1.82) is 0 Å². The van der Waals surface area contributed by atoms with Crippen LogP contribution in [-0.2, 0) is 4.79 Å². The van der Waals surface area contributed by atoms with Crippen molar-refractivity contribution in [2.24, 2.45) is 0 Å².